The van der Waals surface area contributed by atoms with Gasteiger partial charge >= 0.3 is 0 Å². The van der Waals surface area contributed by atoms with E-state index in [0.717, 1.165) is 4.88 Å². The molecule has 0 spiro atoms. The Labute approximate surface area is 158 Å². The zero-order valence-corrected chi connectivity index (χ0v) is 15.0. The van der Waals surface area contributed by atoms with Gasteiger partial charge in [0.1, 0.15) is 5.82 Å². The second-order valence-corrected chi connectivity index (χ2v) is 6.90. The Morgan fingerprint density at radius 2 is 1.81 bits per heavy atom. The summed E-state index contributed by atoms with van der Waals surface area (Å²) in [6.07, 6.45) is 0.236. The number of thiophene rings is 1. The predicted molar refractivity (Wildman–Crippen MR) is 102 cm³/mol. The Balaban J connectivity index is 1.71. The summed E-state index contributed by atoms with van der Waals surface area (Å²) < 4.78 is 12.9. The molecule has 0 saturated heterocycles. The summed E-state index contributed by atoms with van der Waals surface area (Å²) in [5.74, 6) is -0.988. The number of rotatable bonds is 5. The van der Waals surface area contributed by atoms with E-state index in [-0.39, 0.29) is 24.1 Å². The van der Waals surface area contributed by atoms with Crippen LogP contribution in [0.25, 0.3) is 0 Å². The number of nitrogens with one attached hydrogen (secondary N) is 2. The molecule has 26 heavy (non-hydrogen) atoms. The molecule has 0 atom stereocenters. The number of hydrogen-bond donors (Lipinski definition) is 2. The number of carbonyl (C=O) groups excluding carboxylic acids is 2. The summed E-state index contributed by atoms with van der Waals surface area (Å²) in [6.45, 7) is 0. The predicted octanol–water partition coefficient (Wildman–Crippen LogP) is 4.97. The molecule has 2 N–H and O–H groups in total. The molecule has 1 heterocycles. The highest BCUT2D eigenvalue weighted by atomic mass is 35.5. The lowest BCUT2D eigenvalue weighted by atomic mass is 10.1. The lowest BCUT2D eigenvalue weighted by molar-refractivity contribution is -0.115. The maximum absolute atomic E-state index is 12.9. The van der Waals surface area contributed by atoms with E-state index >= 15 is 0 Å². The highest BCUT2D eigenvalue weighted by Gasteiger charge is 2.12. The molecule has 0 saturated carbocycles. The van der Waals surface area contributed by atoms with Crippen molar-refractivity contribution in [2.45, 2.75) is 6.42 Å². The Bertz CT molecular complexity index is 927. The smallest absolute Gasteiger partial charge is 0.255 e. The minimum absolute atomic E-state index is 0.217. The van der Waals surface area contributed by atoms with E-state index in [1.54, 1.807) is 12.1 Å². The van der Waals surface area contributed by atoms with E-state index in [2.05, 4.69) is 10.6 Å². The number of benzene rings is 2. The van der Waals surface area contributed by atoms with E-state index in [1.807, 2.05) is 17.5 Å². The molecule has 0 unspecified atom stereocenters. The van der Waals surface area contributed by atoms with Crippen LogP contribution < -0.4 is 10.6 Å². The molecule has 0 radical (unpaired) electrons. The van der Waals surface area contributed by atoms with Crippen molar-refractivity contribution >= 4 is 46.1 Å². The van der Waals surface area contributed by atoms with Crippen LogP contribution in [0.4, 0.5) is 15.8 Å². The van der Waals surface area contributed by atoms with Gasteiger partial charge in [-0.25, -0.2) is 4.39 Å². The van der Waals surface area contributed by atoms with Crippen molar-refractivity contribution in [3.05, 3.63) is 81.3 Å². The molecule has 2 amide bonds. The van der Waals surface area contributed by atoms with Gasteiger partial charge in [-0.1, -0.05) is 17.7 Å². The van der Waals surface area contributed by atoms with E-state index in [9.17, 15) is 14.0 Å². The first-order valence-corrected chi connectivity index (χ1v) is 8.96. The van der Waals surface area contributed by atoms with Crippen LogP contribution in [0, 0.1) is 5.82 Å². The van der Waals surface area contributed by atoms with E-state index in [1.165, 1.54) is 41.7 Å². The molecular weight excluding hydrogens is 375 g/mol. The topological polar surface area (TPSA) is 58.2 Å². The normalized spacial score (nSPS) is 10.4. The molecule has 0 aliphatic rings. The molecule has 4 nitrogen and oxygen atoms in total. The van der Waals surface area contributed by atoms with Gasteiger partial charge in [0, 0.05) is 16.1 Å². The minimum Gasteiger partial charge on any atom is -0.324 e. The van der Waals surface area contributed by atoms with Crippen molar-refractivity contribution in [2.24, 2.45) is 0 Å². The minimum atomic E-state index is -0.387. The Morgan fingerprint density at radius 3 is 2.50 bits per heavy atom. The highest BCUT2D eigenvalue weighted by Crippen LogP contribution is 2.24. The summed E-state index contributed by atoms with van der Waals surface area (Å²) in [7, 11) is 0. The summed E-state index contributed by atoms with van der Waals surface area (Å²) in [4.78, 5) is 25.4. The molecular formula is C19H14ClFN2O2S. The van der Waals surface area contributed by atoms with Gasteiger partial charge in [-0.15, -0.1) is 11.3 Å². The molecule has 2 aromatic carbocycles. The lowest BCUT2D eigenvalue weighted by Crippen LogP contribution is -2.16. The number of hydrogen-bond acceptors (Lipinski definition) is 3. The number of halogens is 2. The quantitative estimate of drug-likeness (QED) is 0.648. The number of amides is 2. The largest absolute Gasteiger partial charge is 0.324 e. The molecule has 0 fully saturated rings. The fraction of sp³-hybridized carbons (Fsp3) is 0.0526. The Kier molecular flexibility index (Phi) is 5.65. The maximum Gasteiger partial charge on any atom is 0.255 e. The van der Waals surface area contributed by atoms with Gasteiger partial charge in [0.15, 0.2) is 0 Å². The third kappa shape index (κ3) is 4.68. The van der Waals surface area contributed by atoms with Crippen molar-refractivity contribution in [3.63, 3.8) is 0 Å². The van der Waals surface area contributed by atoms with Crippen molar-refractivity contribution in [3.8, 4) is 0 Å². The van der Waals surface area contributed by atoms with Crippen LogP contribution in [0.3, 0.4) is 0 Å². The van der Waals surface area contributed by atoms with Gasteiger partial charge in [0.25, 0.3) is 5.91 Å². The van der Waals surface area contributed by atoms with Crippen molar-refractivity contribution in [1.29, 1.82) is 0 Å². The van der Waals surface area contributed by atoms with Gasteiger partial charge in [0.05, 0.1) is 17.1 Å². The second-order valence-electron chi connectivity index (χ2n) is 5.46. The lowest BCUT2D eigenvalue weighted by Gasteiger charge is -2.10. The number of carbonyl (C=O) groups is 2. The van der Waals surface area contributed by atoms with Gasteiger partial charge in [-0.3, -0.25) is 9.59 Å². The first-order valence-electron chi connectivity index (χ1n) is 7.70. The Hall–Kier alpha value is -2.70. The molecule has 1 aromatic heterocycles. The average Bonchev–Trinajstić information content (AvgIpc) is 3.11. The average molecular weight is 389 g/mol. The van der Waals surface area contributed by atoms with Crippen molar-refractivity contribution in [1.82, 2.24) is 0 Å². The number of anilines is 2. The van der Waals surface area contributed by atoms with Crippen LogP contribution in [0.2, 0.25) is 5.02 Å². The monoisotopic (exact) mass is 388 g/mol. The zero-order chi connectivity index (χ0) is 18.5. The fourth-order valence-electron chi connectivity index (χ4n) is 2.26. The Morgan fingerprint density at radius 1 is 1.04 bits per heavy atom. The van der Waals surface area contributed by atoms with Crippen molar-refractivity contribution < 1.29 is 14.0 Å². The standard InChI is InChI=1S/C19H14ClFN2O2S/c20-16-8-3-12(19(25)22-14-6-4-13(21)5-7-14)10-17(16)23-18(24)11-15-2-1-9-26-15/h1-10H,11H2,(H,22,25)(H,23,24). The molecule has 3 rings (SSSR count). The van der Waals surface area contributed by atoms with E-state index in [0.29, 0.717) is 22.0 Å². The SMILES string of the molecule is O=C(Cc1cccs1)Nc1cc(C(=O)Nc2ccc(F)cc2)ccc1Cl. The summed E-state index contributed by atoms with van der Waals surface area (Å²) in [5.41, 5.74) is 1.15. The second kappa shape index (κ2) is 8.12. The highest BCUT2D eigenvalue weighted by molar-refractivity contribution is 7.10. The van der Waals surface area contributed by atoms with Crippen LogP contribution in [0.5, 0.6) is 0 Å². The fourth-order valence-corrected chi connectivity index (χ4v) is 3.13. The van der Waals surface area contributed by atoms with E-state index < -0.39 is 0 Å². The molecule has 0 aliphatic carbocycles. The molecule has 7 heteroatoms. The van der Waals surface area contributed by atoms with Gasteiger partial charge < -0.3 is 10.6 Å². The third-order valence-electron chi connectivity index (χ3n) is 3.52. The van der Waals surface area contributed by atoms with Crippen LogP contribution >= 0.6 is 22.9 Å². The molecule has 0 bridgehead atoms. The molecule has 3 aromatic rings. The first-order chi connectivity index (χ1) is 12.5. The third-order valence-corrected chi connectivity index (χ3v) is 4.73. The van der Waals surface area contributed by atoms with Crippen molar-refractivity contribution in [2.75, 3.05) is 10.6 Å². The van der Waals surface area contributed by atoms with Crippen LogP contribution in [0.15, 0.2) is 60.0 Å². The maximum atomic E-state index is 12.9. The van der Waals surface area contributed by atoms with Crippen LogP contribution in [-0.2, 0) is 11.2 Å². The van der Waals surface area contributed by atoms with Gasteiger partial charge in [-0.05, 0) is 53.9 Å². The van der Waals surface area contributed by atoms with Gasteiger partial charge in [0.2, 0.25) is 5.91 Å². The summed E-state index contributed by atoms with van der Waals surface area (Å²) >= 11 is 7.61. The zero-order valence-electron chi connectivity index (χ0n) is 13.5. The molecule has 132 valence electrons. The summed E-state index contributed by atoms with van der Waals surface area (Å²) in [6, 6.07) is 13.8. The molecule has 0 aliphatic heterocycles. The van der Waals surface area contributed by atoms with Crippen LogP contribution in [-0.4, -0.2) is 11.8 Å². The first kappa shape index (κ1) is 18.1. The van der Waals surface area contributed by atoms with Gasteiger partial charge in [-0.2, -0.15) is 0 Å². The van der Waals surface area contributed by atoms with Crippen LogP contribution in [0.1, 0.15) is 15.2 Å². The van der Waals surface area contributed by atoms with E-state index in [4.69, 9.17) is 11.6 Å². The summed E-state index contributed by atoms with van der Waals surface area (Å²) in [5, 5.41) is 7.62.